The standard InChI is InChI=1S/C19H26N4O/c1-14-9-7-11-21-17(14)13-23-19(20-4)22-12-16(3)24-18-10-6-5-8-15(18)2/h5-11,16H,12-13H2,1-4H3,(H2,20,22,23). The topological polar surface area (TPSA) is 58.5 Å². The molecule has 1 atom stereocenters. The molecule has 0 radical (unpaired) electrons. The quantitative estimate of drug-likeness (QED) is 0.633. The Bertz CT molecular complexity index is 685. The van der Waals surface area contributed by atoms with Crippen molar-refractivity contribution >= 4 is 5.96 Å². The van der Waals surface area contributed by atoms with Gasteiger partial charge in [0.25, 0.3) is 0 Å². The summed E-state index contributed by atoms with van der Waals surface area (Å²) in [7, 11) is 1.76. The number of guanidine groups is 1. The highest BCUT2D eigenvalue weighted by Crippen LogP contribution is 2.17. The normalized spacial score (nSPS) is 12.6. The summed E-state index contributed by atoms with van der Waals surface area (Å²) in [5.74, 6) is 1.65. The molecule has 2 rings (SSSR count). The van der Waals surface area contributed by atoms with E-state index in [0.717, 1.165) is 28.5 Å². The number of ether oxygens (including phenoxy) is 1. The van der Waals surface area contributed by atoms with Gasteiger partial charge in [0.05, 0.1) is 18.8 Å². The number of para-hydroxylation sites is 1. The van der Waals surface area contributed by atoms with Crippen LogP contribution in [0.25, 0.3) is 0 Å². The number of aryl methyl sites for hydroxylation is 2. The summed E-state index contributed by atoms with van der Waals surface area (Å²) in [4.78, 5) is 8.62. The van der Waals surface area contributed by atoms with Crippen molar-refractivity contribution in [3.8, 4) is 5.75 Å². The van der Waals surface area contributed by atoms with E-state index in [9.17, 15) is 0 Å². The molecule has 1 heterocycles. The molecule has 0 fully saturated rings. The van der Waals surface area contributed by atoms with Crippen molar-refractivity contribution < 1.29 is 4.74 Å². The molecule has 0 saturated carbocycles. The number of hydrogen-bond acceptors (Lipinski definition) is 3. The van der Waals surface area contributed by atoms with E-state index < -0.39 is 0 Å². The van der Waals surface area contributed by atoms with E-state index in [1.165, 1.54) is 0 Å². The summed E-state index contributed by atoms with van der Waals surface area (Å²) < 4.78 is 5.96. The van der Waals surface area contributed by atoms with Crippen LogP contribution in [0.2, 0.25) is 0 Å². The Balaban J connectivity index is 1.81. The van der Waals surface area contributed by atoms with E-state index in [1.807, 2.05) is 44.2 Å². The Morgan fingerprint density at radius 1 is 1.12 bits per heavy atom. The van der Waals surface area contributed by atoms with Crippen molar-refractivity contribution in [3.05, 3.63) is 59.4 Å². The summed E-state index contributed by atoms with van der Waals surface area (Å²) in [6, 6.07) is 12.0. The van der Waals surface area contributed by atoms with Gasteiger partial charge >= 0.3 is 0 Å². The first-order valence-electron chi connectivity index (χ1n) is 8.17. The highest BCUT2D eigenvalue weighted by molar-refractivity contribution is 5.79. The molecule has 5 nitrogen and oxygen atoms in total. The third kappa shape index (κ3) is 5.26. The van der Waals surface area contributed by atoms with Gasteiger partial charge in [-0.05, 0) is 44.0 Å². The third-order valence-corrected chi connectivity index (χ3v) is 3.74. The van der Waals surface area contributed by atoms with Crippen molar-refractivity contribution in [3.63, 3.8) is 0 Å². The zero-order chi connectivity index (χ0) is 17.4. The van der Waals surface area contributed by atoms with Gasteiger partial charge in [-0.2, -0.15) is 0 Å². The fraction of sp³-hybridized carbons (Fsp3) is 0.368. The molecular weight excluding hydrogens is 300 g/mol. The van der Waals surface area contributed by atoms with Crippen molar-refractivity contribution in [2.45, 2.75) is 33.4 Å². The maximum atomic E-state index is 5.96. The first-order valence-corrected chi connectivity index (χ1v) is 8.17. The SMILES string of the molecule is CN=C(NCc1ncccc1C)NCC(C)Oc1ccccc1C. The van der Waals surface area contributed by atoms with Crippen LogP contribution >= 0.6 is 0 Å². The number of benzene rings is 1. The van der Waals surface area contributed by atoms with Gasteiger partial charge in [-0.1, -0.05) is 24.3 Å². The van der Waals surface area contributed by atoms with Gasteiger partial charge in [-0.3, -0.25) is 9.98 Å². The monoisotopic (exact) mass is 326 g/mol. The average molecular weight is 326 g/mol. The Morgan fingerprint density at radius 2 is 1.88 bits per heavy atom. The van der Waals surface area contributed by atoms with Crippen LogP contribution in [0.1, 0.15) is 23.7 Å². The molecule has 2 aromatic rings. The summed E-state index contributed by atoms with van der Waals surface area (Å²) in [6.07, 6.45) is 1.83. The largest absolute Gasteiger partial charge is 0.489 e. The Labute approximate surface area is 144 Å². The number of hydrogen-bond donors (Lipinski definition) is 2. The molecule has 0 saturated heterocycles. The molecule has 0 bridgehead atoms. The maximum Gasteiger partial charge on any atom is 0.191 e. The molecule has 2 N–H and O–H groups in total. The van der Waals surface area contributed by atoms with E-state index in [2.05, 4.69) is 33.6 Å². The van der Waals surface area contributed by atoms with Crippen LogP contribution in [0.4, 0.5) is 0 Å². The van der Waals surface area contributed by atoms with E-state index >= 15 is 0 Å². The molecule has 5 heteroatoms. The zero-order valence-corrected chi connectivity index (χ0v) is 14.8. The van der Waals surface area contributed by atoms with E-state index in [4.69, 9.17) is 4.74 Å². The smallest absolute Gasteiger partial charge is 0.191 e. The molecular formula is C19H26N4O. The number of aromatic nitrogens is 1. The molecule has 1 unspecified atom stereocenters. The van der Waals surface area contributed by atoms with Crippen LogP contribution in [-0.4, -0.2) is 30.6 Å². The van der Waals surface area contributed by atoms with Crippen molar-refractivity contribution in [2.75, 3.05) is 13.6 Å². The van der Waals surface area contributed by atoms with Gasteiger partial charge in [0.2, 0.25) is 0 Å². The molecule has 24 heavy (non-hydrogen) atoms. The van der Waals surface area contributed by atoms with Crippen LogP contribution in [0.5, 0.6) is 5.75 Å². The van der Waals surface area contributed by atoms with Gasteiger partial charge in [-0.15, -0.1) is 0 Å². The highest BCUT2D eigenvalue weighted by Gasteiger charge is 2.07. The number of nitrogens with zero attached hydrogens (tertiary/aromatic N) is 2. The predicted molar refractivity (Wildman–Crippen MR) is 98.4 cm³/mol. The van der Waals surface area contributed by atoms with Crippen LogP contribution in [0.3, 0.4) is 0 Å². The fourth-order valence-electron chi connectivity index (χ4n) is 2.28. The highest BCUT2D eigenvalue weighted by atomic mass is 16.5. The van der Waals surface area contributed by atoms with Crippen LogP contribution in [-0.2, 0) is 6.54 Å². The number of pyridine rings is 1. The molecule has 0 aliphatic rings. The number of aliphatic imine (C=N–C) groups is 1. The van der Waals surface area contributed by atoms with Gasteiger partial charge in [0, 0.05) is 13.2 Å². The van der Waals surface area contributed by atoms with Crippen molar-refractivity contribution in [2.24, 2.45) is 4.99 Å². The van der Waals surface area contributed by atoms with Gasteiger partial charge in [-0.25, -0.2) is 0 Å². The first-order chi connectivity index (χ1) is 11.6. The molecule has 1 aromatic carbocycles. The molecule has 0 amide bonds. The lowest BCUT2D eigenvalue weighted by atomic mass is 10.2. The predicted octanol–water partition coefficient (Wildman–Crippen LogP) is 2.83. The second-order valence-corrected chi connectivity index (χ2v) is 5.77. The van der Waals surface area contributed by atoms with Crippen LogP contribution in [0, 0.1) is 13.8 Å². The van der Waals surface area contributed by atoms with Gasteiger partial charge in [0.1, 0.15) is 11.9 Å². The Hall–Kier alpha value is -2.56. The second kappa shape index (κ2) is 8.91. The van der Waals surface area contributed by atoms with E-state index in [0.29, 0.717) is 13.1 Å². The second-order valence-electron chi connectivity index (χ2n) is 5.77. The lowest BCUT2D eigenvalue weighted by Gasteiger charge is -2.19. The maximum absolute atomic E-state index is 5.96. The minimum absolute atomic E-state index is 0.0289. The lowest BCUT2D eigenvalue weighted by molar-refractivity contribution is 0.222. The molecule has 1 aromatic heterocycles. The summed E-state index contributed by atoms with van der Waals surface area (Å²) in [5, 5.41) is 6.56. The minimum Gasteiger partial charge on any atom is -0.489 e. The molecule has 0 aliphatic heterocycles. The zero-order valence-electron chi connectivity index (χ0n) is 14.8. The average Bonchev–Trinajstić information content (AvgIpc) is 2.58. The Morgan fingerprint density at radius 3 is 2.58 bits per heavy atom. The minimum atomic E-state index is 0.0289. The number of rotatable bonds is 6. The van der Waals surface area contributed by atoms with Crippen molar-refractivity contribution in [1.29, 1.82) is 0 Å². The summed E-state index contributed by atoms with van der Waals surface area (Å²) >= 11 is 0. The van der Waals surface area contributed by atoms with Crippen LogP contribution in [0.15, 0.2) is 47.6 Å². The first kappa shape index (κ1) is 17.8. The van der Waals surface area contributed by atoms with E-state index in [-0.39, 0.29) is 6.10 Å². The van der Waals surface area contributed by atoms with E-state index in [1.54, 1.807) is 13.2 Å². The third-order valence-electron chi connectivity index (χ3n) is 3.74. The Kier molecular flexibility index (Phi) is 6.61. The van der Waals surface area contributed by atoms with Gasteiger partial charge in [0.15, 0.2) is 5.96 Å². The number of nitrogens with one attached hydrogen (secondary N) is 2. The molecule has 0 spiro atoms. The van der Waals surface area contributed by atoms with Crippen molar-refractivity contribution in [1.82, 2.24) is 15.6 Å². The summed E-state index contributed by atoms with van der Waals surface area (Å²) in [5.41, 5.74) is 3.32. The molecule has 0 aliphatic carbocycles. The fourth-order valence-corrected chi connectivity index (χ4v) is 2.28. The van der Waals surface area contributed by atoms with Gasteiger partial charge < -0.3 is 15.4 Å². The van der Waals surface area contributed by atoms with Crippen LogP contribution < -0.4 is 15.4 Å². The summed E-state index contributed by atoms with van der Waals surface area (Å²) in [6.45, 7) is 7.44. The molecule has 128 valence electrons. The lowest BCUT2D eigenvalue weighted by Crippen LogP contribution is -2.41.